The average molecular weight is 495 g/mol. The van der Waals surface area contributed by atoms with E-state index in [0.717, 1.165) is 0 Å². The van der Waals surface area contributed by atoms with E-state index in [-0.39, 0.29) is 0 Å². The van der Waals surface area contributed by atoms with Crippen molar-refractivity contribution in [3.05, 3.63) is 0 Å². The molecule has 0 amide bonds. The van der Waals surface area contributed by atoms with Gasteiger partial charge < -0.3 is 4.48 Å². The molecule has 0 fully saturated rings. The molecule has 212 valence electrons. The molecule has 0 aromatic heterocycles. The second kappa shape index (κ2) is 28.5. The van der Waals surface area contributed by atoms with E-state index in [1.54, 1.807) is 0 Å². The fourth-order valence-electron chi connectivity index (χ4n) is 5.75. The maximum Gasteiger partial charge on any atom is 0.0784 e. The van der Waals surface area contributed by atoms with Gasteiger partial charge in [0.15, 0.2) is 0 Å². The molecule has 0 bridgehead atoms. The minimum absolute atomic E-state index is 1.36. The smallest absolute Gasteiger partial charge is 0.0784 e. The van der Waals surface area contributed by atoms with Crippen LogP contribution in [0.15, 0.2) is 0 Å². The summed E-state index contributed by atoms with van der Waals surface area (Å²) in [5, 5.41) is 0. The van der Waals surface area contributed by atoms with Gasteiger partial charge in [-0.25, -0.2) is 0 Å². The molecular formula is C34H72N+. The van der Waals surface area contributed by atoms with E-state index in [4.69, 9.17) is 0 Å². The van der Waals surface area contributed by atoms with Crippen LogP contribution in [0.3, 0.4) is 0 Å². The van der Waals surface area contributed by atoms with Crippen molar-refractivity contribution < 1.29 is 4.48 Å². The van der Waals surface area contributed by atoms with Gasteiger partial charge in [0, 0.05) is 0 Å². The molecule has 0 unspecified atom stereocenters. The molecule has 1 nitrogen and oxygen atoms in total. The Morgan fingerprint density at radius 3 is 0.629 bits per heavy atom. The van der Waals surface area contributed by atoms with Crippen LogP contribution < -0.4 is 0 Å². The first-order chi connectivity index (χ1) is 17.2. The maximum atomic E-state index is 2.60. The Morgan fingerprint density at radius 2 is 0.429 bits per heavy atom. The Hall–Kier alpha value is -0.0400. The van der Waals surface area contributed by atoms with Crippen molar-refractivity contribution in [2.45, 2.75) is 194 Å². The van der Waals surface area contributed by atoms with E-state index >= 15 is 0 Å². The van der Waals surface area contributed by atoms with Gasteiger partial charge in [-0.2, -0.15) is 0 Å². The molecule has 0 aromatic rings. The zero-order valence-corrected chi connectivity index (χ0v) is 25.7. The van der Waals surface area contributed by atoms with Gasteiger partial charge in [0.1, 0.15) is 0 Å². The van der Waals surface area contributed by atoms with E-state index in [0.29, 0.717) is 0 Å². The van der Waals surface area contributed by atoms with E-state index in [9.17, 15) is 0 Å². The lowest BCUT2D eigenvalue weighted by atomic mass is 10.0. The summed E-state index contributed by atoms with van der Waals surface area (Å²) in [6, 6.07) is 0. The molecule has 0 radical (unpaired) electrons. The molecule has 0 N–H and O–H groups in total. The van der Waals surface area contributed by atoms with Crippen LogP contribution in [0.5, 0.6) is 0 Å². The molecule has 0 aliphatic heterocycles. The number of hydrogen-bond donors (Lipinski definition) is 0. The predicted octanol–water partition coefficient (Wildman–Crippen LogP) is 12.0. The molecule has 0 aromatic carbocycles. The van der Waals surface area contributed by atoms with Crippen molar-refractivity contribution in [3.8, 4) is 0 Å². The zero-order valence-electron chi connectivity index (χ0n) is 25.7. The minimum atomic E-state index is 1.36. The quantitative estimate of drug-likeness (QED) is 0.0687. The SMILES string of the molecule is CCCCCCCCCCCCC[N+](C)(CCCCCCCCCC)CCCCCCCCCC. The van der Waals surface area contributed by atoms with Crippen LogP contribution in [0.1, 0.15) is 194 Å². The van der Waals surface area contributed by atoms with E-state index in [1.807, 2.05) is 0 Å². The molecular weight excluding hydrogens is 422 g/mol. The van der Waals surface area contributed by atoms with Gasteiger partial charge in [0.05, 0.1) is 26.7 Å². The summed E-state index contributed by atoms with van der Waals surface area (Å²) < 4.78 is 1.36. The van der Waals surface area contributed by atoms with Crippen LogP contribution in [0.25, 0.3) is 0 Å². The minimum Gasteiger partial charge on any atom is -0.326 e. The van der Waals surface area contributed by atoms with Gasteiger partial charge in [-0.1, -0.05) is 156 Å². The number of hydrogen-bond acceptors (Lipinski definition) is 0. The third-order valence-electron chi connectivity index (χ3n) is 8.40. The lowest BCUT2D eigenvalue weighted by molar-refractivity contribution is -0.910. The highest BCUT2D eigenvalue weighted by Crippen LogP contribution is 2.17. The Balaban J connectivity index is 4.02. The van der Waals surface area contributed by atoms with Gasteiger partial charge >= 0.3 is 0 Å². The maximum absolute atomic E-state index is 2.60. The fourth-order valence-corrected chi connectivity index (χ4v) is 5.75. The van der Waals surface area contributed by atoms with Crippen molar-refractivity contribution in [1.29, 1.82) is 0 Å². The lowest BCUT2D eigenvalue weighted by Gasteiger charge is -2.35. The lowest BCUT2D eigenvalue weighted by Crippen LogP contribution is -2.46. The fraction of sp³-hybridized carbons (Fsp3) is 1.00. The first kappa shape index (κ1) is 35.0. The van der Waals surface area contributed by atoms with Gasteiger partial charge in [-0.05, 0) is 38.5 Å². The number of rotatable bonds is 30. The largest absolute Gasteiger partial charge is 0.326 e. The van der Waals surface area contributed by atoms with Crippen molar-refractivity contribution >= 4 is 0 Å². The predicted molar refractivity (Wildman–Crippen MR) is 162 cm³/mol. The van der Waals surface area contributed by atoms with Crippen LogP contribution in [-0.2, 0) is 0 Å². The highest BCUT2D eigenvalue weighted by Gasteiger charge is 2.20. The molecule has 0 aliphatic carbocycles. The van der Waals surface area contributed by atoms with Crippen LogP contribution >= 0.6 is 0 Å². The summed E-state index contributed by atoms with van der Waals surface area (Å²) in [6.45, 7) is 11.3. The zero-order chi connectivity index (χ0) is 25.7. The van der Waals surface area contributed by atoms with Gasteiger partial charge in [-0.3, -0.25) is 0 Å². The Labute approximate surface area is 225 Å². The van der Waals surface area contributed by atoms with Gasteiger partial charge in [0.25, 0.3) is 0 Å². The van der Waals surface area contributed by atoms with Crippen LogP contribution in [-0.4, -0.2) is 31.2 Å². The molecule has 0 heterocycles. The molecule has 1 heteroatoms. The summed E-state index contributed by atoms with van der Waals surface area (Å²) in [7, 11) is 2.60. The van der Waals surface area contributed by atoms with Crippen LogP contribution in [0.4, 0.5) is 0 Å². The highest BCUT2D eigenvalue weighted by molar-refractivity contribution is 4.52. The number of nitrogens with zero attached hydrogens (tertiary/aromatic N) is 1. The standard InChI is InChI=1S/C34H72N/c1-5-8-11-14-17-20-21-22-25-28-31-34-35(4,32-29-26-23-18-15-12-9-6-2)33-30-27-24-19-16-13-10-7-3/h5-34H2,1-4H3/q+1. The second-order valence-corrected chi connectivity index (χ2v) is 12.3. The van der Waals surface area contributed by atoms with Crippen molar-refractivity contribution in [3.63, 3.8) is 0 Å². The molecule has 35 heavy (non-hydrogen) atoms. The summed E-state index contributed by atoms with van der Waals surface area (Å²) in [5.41, 5.74) is 0. The summed E-state index contributed by atoms with van der Waals surface area (Å²) >= 11 is 0. The summed E-state index contributed by atoms with van der Waals surface area (Å²) in [6.07, 6.45) is 39.3. The van der Waals surface area contributed by atoms with Gasteiger partial charge in [-0.15, -0.1) is 0 Å². The van der Waals surface area contributed by atoms with Crippen LogP contribution in [0, 0.1) is 0 Å². The average Bonchev–Trinajstić information content (AvgIpc) is 2.86. The van der Waals surface area contributed by atoms with Gasteiger partial charge in [0.2, 0.25) is 0 Å². The molecule has 0 aliphatic rings. The van der Waals surface area contributed by atoms with Crippen molar-refractivity contribution in [1.82, 2.24) is 0 Å². The molecule has 0 rings (SSSR count). The molecule has 0 saturated heterocycles. The molecule has 0 atom stereocenters. The summed E-state index contributed by atoms with van der Waals surface area (Å²) in [5.74, 6) is 0. The van der Waals surface area contributed by atoms with E-state index in [1.165, 1.54) is 197 Å². The van der Waals surface area contributed by atoms with E-state index < -0.39 is 0 Å². The first-order valence-corrected chi connectivity index (χ1v) is 17.0. The first-order valence-electron chi connectivity index (χ1n) is 17.0. The topological polar surface area (TPSA) is 0 Å². The third-order valence-corrected chi connectivity index (χ3v) is 8.40. The Bertz CT molecular complexity index is 357. The number of quaternary nitrogens is 1. The highest BCUT2D eigenvalue weighted by atomic mass is 15.3. The Kier molecular flexibility index (Phi) is 28.5. The van der Waals surface area contributed by atoms with Crippen molar-refractivity contribution in [2.24, 2.45) is 0 Å². The number of unbranched alkanes of at least 4 members (excludes halogenated alkanes) is 24. The molecule has 0 spiro atoms. The van der Waals surface area contributed by atoms with Crippen LogP contribution in [0.2, 0.25) is 0 Å². The summed E-state index contributed by atoms with van der Waals surface area (Å²) in [4.78, 5) is 0. The second-order valence-electron chi connectivity index (χ2n) is 12.3. The van der Waals surface area contributed by atoms with E-state index in [2.05, 4.69) is 27.8 Å². The third kappa shape index (κ3) is 26.8. The molecule has 0 saturated carbocycles. The Morgan fingerprint density at radius 1 is 0.257 bits per heavy atom. The normalized spacial score (nSPS) is 12.0. The monoisotopic (exact) mass is 495 g/mol. The van der Waals surface area contributed by atoms with Crippen molar-refractivity contribution in [2.75, 3.05) is 26.7 Å².